The van der Waals surface area contributed by atoms with Crippen molar-refractivity contribution in [1.29, 1.82) is 0 Å². The lowest BCUT2D eigenvalue weighted by Crippen LogP contribution is -1.80. The van der Waals surface area contributed by atoms with Gasteiger partial charge in [-0.1, -0.05) is 48.5 Å². The van der Waals surface area contributed by atoms with E-state index in [0.29, 0.717) is 0 Å². The van der Waals surface area contributed by atoms with E-state index in [0.717, 1.165) is 28.1 Å². The zero-order valence-electron chi connectivity index (χ0n) is 11.3. The van der Waals surface area contributed by atoms with Crippen molar-refractivity contribution in [3.63, 3.8) is 0 Å². The molecule has 0 radical (unpaired) electrons. The van der Waals surface area contributed by atoms with Crippen molar-refractivity contribution in [2.75, 3.05) is 7.11 Å². The first-order valence-corrected chi connectivity index (χ1v) is 6.53. The molecule has 0 atom stereocenters. The Labute approximate surface area is 118 Å². The molecule has 20 heavy (non-hydrogen) atoms. The van der Waals surface area contributed by atoms with Gasteiger partial charge in [-0.15, -0.1) is 0 Å². The van der Waals surface area contributed by atoms with Crippen LogP contribution >= 0.6 is 0 Å². The molecule has 0 amide bonds. The van der Waals surface area contributed by atoms with Crippen molar-refractivity contribution in [3.05, 3.63) is 72.3 Å². The molecule has 1 aromatic carbocycles. The molecule has 0 aliphatic heterocycles. The van der Waals surface area contributed by atoms with Gasteiger partial charge in [0.25, 0.3) is 0 Å². The molecule has 0 N–H and O–H groups in total. The summed E-state index contributed by atoms with van der Waals surface area (Å²) in [5, 5.41) is 0. The number of fused-ring (bicyclic) bond motifs is 1. The smallest absolute Gasteiger partial charge is 0.127 e. The molecule has 0 saturated heterocycles. The number of hydrogen-bond donors (Lipinski definition) is 0. The minimum absolute atomic E-state index is 0.880. The molecule has 98 valence electrons. The maximum Gasteiger partial charge on any atom is 0.127 e. The Morgan fingerprint density at radius 1 is 0.850 bits per heavy atom. The van der Waals surface area contributed by atoms with E-state index in [9.17, 15) is 0 Å². The molecular formula is C18H15NO. The van der Waals surface area contributed by atoms with Crippen LogP contribution < -0.4 is 4.74 Å². The summed E-state index contributed by atoms with van der Waals surface area (Å²) >= 11 is 0. The van der Waals surface area contributed by atoms with Crippen LogP contribution in [0.5, 0.6) is 5.75 Å². The third-order valence-corrected chi connectivity index (χ3v) is 3.23. The second kappa shape index (κ2) is 5.57. The fourth-order valence-electron chi connectivity index (χ4n) is 2.24. The Bertz CT molecular complexity index is 704. The van der Waals surface area contributed by atoms with Gasteiger partial charge < -0.3 is 4.74 Å². The Balaban J connectivity index is 2.03. The first kappa shape index (κ1) is 12.4. The highest BCUT2D eigenvalue weighted by Gasteiger charge is 2.13. The molecule has 0 aromatic heterocycles. The summed E-state index contributed by atoms with van der Waals surface area (Å²) in [5.41, 5.74) is 4.26. The lowest BCUT2D eigenvalue weighted by Gasteiger charge is -1.98. The third-order valence-electron chi connectivity index (χ3n) is 3.23. The Hall–Kier alpha value is -2.61. The topological polar surface area (TPSA) is 21.6 Å². The first-order valence-electron chi connectivity index (χ1n) is 6.53. The van der Waals surface area contributed by atoms with E-state index in [1.165, 1.54) is 0 Å². The molecule has 1 aromatic rings. The van der Waals surface area contributed by atoms with Crippen molar-refractivity contribution in [3.8, 4) is 16.9 Å². The summed E-state index contributed by atoms with van der Waals surface area (Å²) in [6.45, 7) is 0. The highest BCUT2D eigenvalue weighted by Crippen LogP contribution is 2.36. The summed E-state index contributed by atoms with van der Waals surface area (Å²) in [7, 11) is 1.69. The van der Waals surface area contributed by atoms with Crippen LogP contribution in [0.4, 0.5) is 5.69 Å². The number of rotatable bonds is 3. The molecule has 2 aliphatic rings. The van der Waals surface area contributed by atoms with Gasteiger partial charge in [-0.25, -0.2) is 0 Å². The zero-order chi connectivity index (χ0) is 13.8. The van der Waals surface area contributed by atoms with Gasteiger partial charge in [-0.2, -0.15) is 0 Å². The molecule has 2 nitrogen and oxygen atoms in total. The number of methoxy groups -OCH3 is 1. The lowest BCUT2D eigenvalue weighted by atomic mass is 10.1. The molecule has 2 heteroatoms. The van der Waals surface area contributed by atoms with E-state index >= 15 is 0 Å². The van der Waals surface area contributed by atoms with Gasteiger partial charge in [0.1, 0.15) is 5.75 Å². The standard InChI is InChI=1S/C18H15NO/c1-20-18-12-14(13-19-15-8-4-2-5-9-15)16-10-6-3-7-11-17(16)18/h2-13H,1H3. The number of benzene rings is 1. The van der Waals surface area contributed by atoms with E-state index in [1.807, 2.05) is 60.8 Å². The largest absolute Gasteiger partial charge is 0.496 e. The number of ether oxygens (including phenoxy) is 1. The van der Waals surface area contributed by atoms with Crippen molar-refractivity contribution < 1.29 is 4.74 Å². The van der Waals surface area contributed by atoms with Crippen LogP contribution in [0.2, 0.25) is 0 Å². The highest BCUT2D eigenvalue weighted by atomic mass is 16.5. The van der Waals surface area contributed by atoms with Crippen molar-refractivity contribution in [2.24, 2.45) is 4.99 Å². The predicted octanol–water partition coefficient (Wildman–Crippen LogP) is 4.55. The number of para-hydroxylation sites is 1. The molecule has 0 bridgehead atoms. The Morgan fingerprint density at radius 3 is 2.20 bits per heavy atom. The normalized spacial score (nSPS) is 11.1. The van der Waals surface area contributed by atoms with E-state index in [2.05, 4.69) is 17.1 Å². The van der Waals surface area contributed by atoms with Crippen LogP contribution in [0, 0.1) is 0 Å². The van der Waals surface area contributed by atoms with E-state index in [4.69, 9.17) is 4.74 Å². The third kappa shape index (κ3) is 2.41. The SMILES string of the molecule is COc1cc(C=Nc2ccccc2)c2cccccc1-2. The van der Waals surface area contributed by atoms with Gasteiger partial charge in [0.15, 0.2) is 0 Å². The summed E-state index contributed by atoms with van der Waals surface area (Å²) < 4.78 is 5.44. The molecule has 2 aliphatic carbocycles. The first-order chi connectivity index (χ1) is 9.88. The lowest BCUT2D eigenvalue weighted by molar-refractivity contribution is 0.418. The highest BCUT2D eigenvalue weighted by molar-refractivity contribution is 5.96. The maximum absolute atomic E-state index is 5.44. The van der Waals surface area contributed by atoms with Gasteiger partial charge in [-0.3, -0.25) is 4.99 Å². The van der Waals surface area contributed by atoms with Crippen LogP contribution in [-0.2, 0) is 0 Å². The van der Waals surface area contributed by atoms with Crippen molar-refractivity contribution >= 4 is 11.9 Å². The average molecular weight is 261 g/mol. The number of nitrogens with zero attached hydrogens (tertiary/aromatic N) is 1. The van der Waals surface area contributed by atoms with E-state index < -0.39 is 0 Å². The van der Waals surface area contributed by atoms with Gasteiger partial charge in [0.05, 0.1) is 12.8 Å². The summed E-state index contributed by atoms with van der Waals surface area (Å²) in [5.74, 6) is 0.880. The van der Waals surface area contributed by atoms with E-state index in [-0.39, 0.29) is 0 Å². The minimum atomic E-state index is 0.880. The monoisotopic (exact) mass is 261 g/mol. The fraction of sp³-hybridized carbons (Fsp3) is 0.0556. The fourth-order valence-corrected chi connectivity index (χ4v) is 2.24. The summed E-state index contributed by atoms with van der Waals surface area (Å²) in [6, 6.07) is 22.2. The minimum Gasteiger partial charge on any atom is -0.496 e. The number of hydrogen-bond acceptors (Lipinski definition) is 2. The molecule has 3 rings (SSSR count). The molecule has 0 spiro atoms. The van der Waals surface area contributed by atoms with Gasteiger partial charge >= 0.3 is 0 Å². The second-order valence-corrected chi connectivity index (χ2v) is 4.50. The summed E-state index contributed by atoms with van der Waals surface area (Å²) in [6.07, 6.45) is 1.89. The average Bonchev–Trinajstić information content (AvgIpc) is 2.67. The van der Waals surface area contributed by atoms with Crippen LogP contribution in [0.25, 0.3) is 11.1 Å². The van der Waals surface area contributed by atoms with Crippen molar-refractivity contribution in [2.45, 2.75) is 0 Å². The second-order valence-electron chi connectivity index (χ2n) is 4.50. The van der Waals surface area contributed by atoms with Gasteiger partial charge in [0, 0.05) is 17.3 Å². The van der Waals surface area contributed by atoms with Gasteiger partial charge in [-0.05, 0) is 23.8 Å². The number of aliphatic imine (C=N–C) groups is 1. The van der Waals surface area contributed by atoms with Gasteiger partial charge in [0.2, 0.25) is 0 Å². The molecule has 0 unspecified atom stereocenters. The predicted molar refractivity (Wildman–Crippen MR) is 83.3 cm³/mol. The summed E-state index contributed by atoms with van der Waals surface area (Å²) in [4.78, 5) is 4.51. The van der Waals surface area contributed by atoms with E-state index in [1.54, 1.807) is 7.11 Å². The van der Waals surface area contributed by atoms with Crippen LogP contribution in [0.1, 0.15) is 5.56 Å². The molecule has 0 saturated carbocycles. The Morgan fingerprint density at radius 2 is 1.50 bits per heavy atom. The van der Waals surface area contributed by atoms with Crippen LogP contribution in [0.3, 0.4) is 0 Å². The maximum atomic E-state index is 5.44. The molecule has 0 heterocycles. The zero-order valence-corrected chi connectivity index (χ0v) is 11.3. The quantitative estimate of drug-likeness (QED) is 0.634. The molecule has 0 fully saturated rings. The Kier molecular flexibility index (Phi) is 3.46. The van der Waals surface area contributed by atoms with Crippen LogP contribution in [-0.4, -0.2) is 13.3 Å². The van der Waals surface area contributed by atoms with Crippen LogP contribution in [0.15, 0.2) is 71.7 Å². The van der Waals surface area contributed by atoms with Crippen molar-refractivity contribution in [1.82, 2.24) is 0 Å². The molecular weight excluding hydrogens is 246 g/mol.